The molecule has 1 aliphatic heterocycles. The molecule has 3 rings (SSSR count). The molecule has 1 unspecified atom stereocenters. The molecule has 1 aromatic heterocycles. The van der Waals surface area contributed by atoms with Crippen LogP contribution in [0.25, 0.3) is 11.0 Å². The highest BCUT2D eigenvalue weighted by Crippen LogP contribution is 2.29. The molecule has 9 heteroatoms. The minimum Gasteiger partial charge on any atom is -0.366 e. The van der Waals surface area contributed by atoms with E-state index in [1.54, 1.807) is 0 Å². The third-order valence-corrected chi connectivity index (χ3v) is 3.24. The number of halogens is 3. The van der Waals surface area contributed by atoms with Crippen LogP contribution in [0.15, 0.2) is 18.2 Å². The summed E-state index contributed by atoms with van der Waals surface area (Å²) in [6.45, 7) is 1.52. The molecule has 1 aromatic carbocycles. The molecule has 6 nitrogen and oxygen atoms in total. The maximum Gasteiger partial charge on any atom is 0.449 e. The zero-order chi connectivity index (χ0) is 15.7. The number of aromatic amines is 1. The lowest BCUT2D eigenvalue weighted by Crippen LogP contribution is -2.45. The van der Waals surface area contributed by atoms with Crippen LogP contribution in [0.1, 0.15) is 5.82 Å². The number of anilines is 1. The van der Waals surface area contributed by atoms with Gasteiger partial charge in [0.2, 0.25) is 5.82 Å². The lowest BCUT2D eigenvalue weighted by atomic mass is 10.2. The Morgan fingerprint density at radius 2 is 2.23 bits per heavy atom. The molecule has 0 saturated carbocycles. The molecule has 1 saturated heterocycles. The summed E-state index contributed by atoms with van der Waals surface area (Å²) in [4.78, 5) is 17.6. The van der Waals surface area contributed by atoms with E-state index in [1.807, 2.05) is 0 Å². The first-order chi connectivity index (χ1) is 10.4. The zero-order valence-electron chi connectivity index (χ0n) is 11.3. The van der Waals surface area contributed by atoms with Crippen LogP contribution in [0.5, 0.6) is 0 Å². The maximum absolute atomic E-state index is 12.6. The van der Waals surface area contributed by atoms with Gasteiger partial charge in [0.25, 0.3) is 5.91 Å². The normalized spacial score (nSPS) is 19.3. The second-order valence-electron chi connectivity index (χ2n) is 4.87. The summed E-state index contributed by atoms with van der Waals surface area (Å²) in [7, 11) is 0. The van der Waals surface area contributed by atoms with Crippen LogP contribution >= 0.6 is 0 Å². The largest absolute Gasteiger partial charge is 0.449 e. The van der Waals surface area contributed by atoms with Crippen LogP contribution < -0.4 is 10.6 Å². The average Bonchev–Trinajstić information content (AvgIpc) is 2.91. The molecular weight excluding hydrogens is 301 g/mol. The smallest absolute Gasteiger partial charge is 0.366 e. The lowest BCUT2D eigenvalue weighted by Gasteiger charge is -2.22. The molecule has 0 radical (unpaired) electrons. The van der Waals surface area contributed by atoms with Crippen molar-refractivity contribution in [3.63, 3.8) is 0 Å². The van der Waals surface area contributed by atoms with E-state index in [9.17, 15) is 18.0 Å². The van der Waals surface area contributed by atoms with Gasteiger partial charge in [-0.25, -0.2) is 4.98 Å². The highest BCUT2D eigenvalue weighted by atomic mass is 19.4. The molecule has 0 bridgehead atoms. The number of H-pyrrole nitrogens is 1. The number of hydrogen-bond donors (Lipinski definition) is 3. The number of aromatic nitrogens is 2. The van der Waals surface area contributed by atoms with E-state index in [4.69, 9.17) is 4.74 Å². The summed E-state index contributed by atoms with van der Waals surface area (Å²) in [6.07, 6.45) is -5.15. The molecule has 1 amide bonds. The van der Waals surface area contributed by atoms with Gasteiger partial charge in [0, 0.05) is 18.8 Å². The van der Waals surface area contributed by atoms with Crippen molar-refractivity contribution in [2.45, 2.75) is 12.3 Å². The fraction of sp³-hybridized carbons (Fsp3) is 0.385. The quantitative estimate of drug-likeness (QED) is 0.785. The number of amides is 1. The number of rotatable bonds is 2. The van der Waals surface area contributed by atoms with E-state index in [1.165, 1.54) is 18.2 Å². The van der Waals surface area contributed by atoms with Crippen molar-refractivity contribution in [1.82, 2.24) is 15.3 Å². The number of alkyl halides is 3. The fourth-order valence-electron chi connectivity index (χ4n) is 2.18. The van der Waals surface area contributed by atoms with Crippen molar-refractivity contribution < 1.29 is 22.7 Å². The van der Waals surface area contributed by atoms with Gasteiger partial charge < -0.3 is 20.4 Å². The average molecular weight is 314 g/mol. The van der Waals surface area contributed by atoms with Gasteiger partial charge >= 0.3 is 6.18 Å². The van der Waals surface area contributed by atoms with E-state index >= 15 is 0 Å². The third kappa shape index (κ3) is 3.04. The monoisotopic (exact) mass is 314 g/mol. The standard InChI is InChI=1S/C13H13F3N4O2/c14-13(15,16)12-19-8-2-1-7(5-9(8)20-12)18-11(21)10-6-17-3-4-22-10/h1-2,5,10,17H,3-4,6H2,(H,18,21)(H,19,20). The van der Waals surface area contributed by atoms with Gasteiger partial charge in [0.15, 0.2) is 0 Å². The van der Waals surface area contributed by atoms with E-state index in [0.29, 0.717) is 25.4 Å². The predicted octanol–water partition coefficient (Wildman–Crippen LogP) is 1.51. The maximum atomic E-state index is 12.6. The Morgan fingerprint density at radius 3 is 2.91 bits per heavy atom. The number of carbonyl (C=O) groups is 1. The molecule has 1 aliphatic rings. The molecule has 2 aromatic rings. The van der Waals surface area contributed by atoms with Crippen molar-refractivity contribution in [2.24, 2.45) is 0 Å². The number of imidazole rings is 1. The molecule has 22 heavy (non-hydrogen) atoms. The molecule has 1 atom stereocenters. The van der Waals surface area contributed by atoms with Crippen molar-refractivity contribution in [1.29, 1.82) is 0 Å². The topological polar surface area (TPSA) is 79.0 Å². The van der Waals surface area contributed by atoms with Gasteiger partial charge in [-0.2, -0.15) is 13.2 Å². The summed E-state index contributed by atoms with van der Waals surface area (Å²) in [6, 6.07) is 4.32. The summed E-state index contributed by atoms with van der Waals surface area (Å²) >= 11 is 0. The second kappa shape index (κ2) is 5.58. The van der Waals surface area contributed by atoms with Crippen molar-refractivity contribution >= 4 is 22.6 Å². The van der Waals surface area contributed by atoms with Crippen LogP contribution in [0, 0.1) is 0 Å². The first-order valence-corrected chi connectivity index (χ1v) is 6.63. The van der Waals surface area contributed by atoms with Gasteiger partial charge in [-0.05, 0) is 18.2 Å². The number of nitrogens with zero attached hydrogens (tertiary/aromatic N) is 1. The van der Waals surface area contributed by atoms with Crippen molar-refractivity contribution in [3.05, 3.63) is 24.0 Å². The number of benzene rings is 1. The van der Waals surface area contributed by atoms with Crippen molar-refractivity contribution in [2.75, 3.05) is 25.0 Å². The Bertz CT molecular complexity index is 692. The molecule has 3 N–H and O–H groups in total. The Kier molecular flexibility index (Phi) is 3.75. The van der Waals surface area contributed by atoms with Gasteiger partial charge in [0.05, 0.1) is 17.6 Å². The minimum atomic E-state index is -4.54. The molecule has 1 fully saturated rings. The third-order valence-electron chi connectivity index (χ3n) is 3.24. The van der Waals surface area contributed by atoms with E-state index in [2.05, 4.69) is 20.6 Å². The number of nitrogens with one attached hydrogen (secondary N) is 3. The van der Waals surface area contributed by atoms with E-state index in [0.717, 1.165) is 0 Å². The summed E-state index contributed by atoms with van der Waals surface area (Å²) in [5.41, 5.74) is 0.762. The van der Waals surface area contributed by atoms with Crippen LogP contribution in [0.4, 0.5) is 18.9 Å². The number of hydrogen-bond acceptors (Lipinski definition) is 4. The molecule has 2 heterocycles. The number of fused-ring (bicyclic) bond motifs is 1. The SMILES string of the molecule is O=C(Nc1ccc2nc(C(F)(F)F)[nH]c2c1)C1CNCCO1. The zero-order valence-corrected chi connectivity index (χ0v) is 11.3. The number of carbonyl (C=O) groups excluding carboxylic acids is 1. The Morgan fingerprint density at radius 1 is 1.41 bits per heavy atom. The van der Waals surface area contributed by atoms with Crippen LogP contribution in [-0.2, 0) is 15.7 Å². The highest BCUT2D eigenvalue weighted by molar-refractivity contribution is 5.96. The minimum absolute atomic E-state index is 0.181. The number of ether oxygens (including phenoxy) is 1. The highest BCUT2D eigenvalue weighted by Gasteiger charge is 2.34. The summed E-state index contributed by atoms with van der Waals surface area (Å²) in [5, 5.41) is 5.64. The first-order valence-electron chi connectivity index (χ1n) is 6.63. The van der Waals surface area contributed by atoms with Crippen LogP contribution in [0.3, 0.4) is 0 Å². The lowest BCUT2D eigenvalue weighted by molar-refractivity contribution is -0.144. The Balaban J connectivity index is 1.78. The van der Waals surface area contributed by atoms with Crippen LogP contribution in [0.2, 0.25) is 0 Å². The Hall–Kier alpha value is -2.13. The first kappa shape index (κ1) is 14.8. The molecule has 0 spiro atoms. The van der Waals surface area contributed by atoms with Gasteiger partial charge in [-0.3, -0.25) is 4.79 Å². The number of morpholine rings is 1. The van der Waals surface area contributed by atoms with E-state index < -0.39 is 18.1 Å². The van der Waals surface area contributed by atoms with Crippen molar-refractivity contribution in [3.8, 4) is 0 Å². The van der Waals surface area contributed by atoms with E-state index in [-0.39, 0.29) is 16.9 Å². The van der Waals surface area contributed by atoms with Gasteiger partial charge in [-0.1, -0.05) is 0 Å². The van der Waals surface area contributed by atoms with Crippen LogP contribution in [-0.4, -0.2) is 41.7 Å². The fourth-order valence-corrected chi connectivity index (χ4v) is 2.18. The molecular formula is C13H13F3N4O2. The molecule has 0 aliphatic carbocycles. The summed E-state index contributed by atoms with van der Waals surface area (Å²) in [5.74, 6) is -1.41. The predicted molar refractivity (Wildman–Crippen MR) is 72.3 cm³/mol. The molecule has 118 valence electrons. The second-order valence-corrected chi connectivity index (χ2v) is 4.87. The van der Waals surface area contributed by atoms with Gasteiger partial charge in [-0.15, -0.1) is 0 Å². The van der Waals surface area contributed by atoms with Gasteiger partial charge in [0.1, 0.15) is 6.10 Å². The Labute approximate surface area is 123 Å². The summed E-state index contributed by atoms with van der Waals surface area (Å²) < 4.78 is 43.1.